The number of hydrogen-bond acceptors (Lipinski definition) is 2. The molecule has 0 saturated carbocycles. The van der Waals surface area contributed by atoms with Crippen LogP contribution in [0.5, 0.6) is 0 Å². The number of ketones is 1. The van der Waals surface area contributed by atoms with Gasteiger partial charge in [0.2, 0.25) is 0 Å². The second-order valence-corrected chi connectivity index (χ2v) is 3.62. The molecule has 0 saturated heterocycles. The van der Waals surface area contributed by atoms with Gasteiger partial charge in [0.05, 0.1) is 0 Å². The number of Topliss-reactive ketones (excluding diaryl/α,β-unsaturated/α-hetero) is 1. The normalized spacial score (nSPS) is 12.8. The number of hydrogen-bond donors (Lipinski definition) is 0. The third kappa shape index (κ3) is 2.88. The molecule has 0 aliphatic rings. The van der Waals surface area contributed by atoms with Crippen molar-refractivity contribution in [2.24, 2.45) is 5.92 Å². The minimum absolute atomic E-state index is 0.0289. The van der Waals surface area contributed by atoms with Gasteiger partial charge in [-0.1, -0.05) is 20.3 Å². The van der Waals surface area contributed by atoms with Gasteiger partial charge in [0.1, 0.15) is 0 Å². The van der Waals surface area contributed by atoms with E-state index in [1.165, 1.54) is 0 Å². The molecule has 13 heavy (non-hydrogen) atoms. The van der Waals surface area contributed by atoms with Crippen LogP contribution in [0.1, 0.15) is 37.2 Å². The first-order chi connectivity index (χ1) is 6.13. The van der Waals surface area contributed by atoms with E-state index >= 15 is 0 Å². The Labute approximate surface area is 82.9 Å². The summed E-state index contributed by atoms with van der Waals surface area (Å²) in [6.07, 6.45) is 1.53. The lowest BCUT2D eigenvalue weighted by Crippen LogP contribution is -2.03. The molecule has 0 aromatic carbocycles. The number of rotatable bonds is 4. The molecule has 0 spiro atoms. The van der Waals surface area contributed by atoms with Crippen LogP contribution >= 0.6 is 11.6 Å². The van der Waals surface area contributed by atoms with Crippen LogP contribution in [0.4, 0.5) is 0 Å². The molecule has 0 radical (unpaired) electrons. The first-order valence-electron chi connectivity index (χ1n) is 4.42. The van der Waals surface area contributed by atoms with Gasteiger partial charge in [-0.2, -0.15) is 0 Å². The molecule has 1 rings (SSSR count). The lowest BCUT2D eigenvalue weighted by Gasteiger charge is -2.04. The van der Waals surface area contributed by atoms with Crippen molar-refractivity contribution in [3.05, 3.63) is 23.1 Å². The lowest BCUT2D eigenvalue weighted by atomic mass is 10.0. The topological polar surface area (TPSA) is 30.2 Å². The Morgan fingerprint density at radius 2 is 2.31 bits per heavy atom. The minimum Gasteiger partial charge on any atom is -0.442 e. The highest BCUT2D eigenvalue weighted by molar-refractivity contribution is 6.29. The molecule has 0 aliphatic heterocycles. The molecular formula is C10H13ClO2. The van der Waals surface area contributed by atoms with Crippen LogP contribution in [-0.4, -0.2) is 5.78 Å². The first-order valence-corrected chi connectivity index (χ1v) is 4.79. The molecule has 3 heteroatoms. The van der Waals surface area contributed by atoms with Crippen molar-refractivity contribution in [1.82, 2.24) is 0 Å². The number of carbonyl (C=O) groups excluding carboxylic acids is 1. The summed E-state index contributed by atoms with van der Waals surface area (Å²) < 4.78 is 5.01. The molecule has 1 aromatic rings. The van der Waals surface area contributed by atoms with E-state index in [1.54, 1.807) is 12.1 Å². The predicted octanol–water partition coefficient (Wildman–Crippen LogP) is 3.55. The fraction of sp³-hybridized carbons (Fsp3) is 0.500. The van der Waals surface area contributed by atoms with Crippen molar-refractivity contribution in [2.45, 2.75) is 26.7 Å². The van der Waals surface area contributed by atoms with Crippen LogP contribution in [0, 0.1) is 5.92 Å². The molecule has 2 nitrogen and oxygen atoms in total. The van der Waals surface area contributed by atoms with E-state index in [0.717, 1.165) is 6.42 Å². The van der Waals surface area contributed by atoms with Crippen LogP contribution in [0.25, 0.3) is 0 Å². The molecule has 72 valence electrons. The second-order valence-electron chi connectivity index (χ2n) is 3.24. The quantitative estimate of drug-likeness (QED) is 0.696. The second kappa shape index (κ2) is 4.47. The maximum absolute atomic E-state index is 11.5. The molecule has 0 bridgehead atoms. The van der Waals surface area contributed by atoms with Crippen LogP contribution < -0.4 is 0 Å². The third-order valence-corrected chi connectivity index (χ3v) is 2.28. The summed E-state index contributed by atoms with van der Waals surface area (Å²) in [4.78, 5) is 11.5. The van der Waals surface area contributed by atoms with Crippen LogP contribution in [-0.2, 0) is 0 Å². The van der Waals surface area contributed by atoms with Gasteiger partial charge in [0, 0.05) is 6.42 Å². The summed E-state index contributed by atoms with van der Waals surface area (Å²) in [6, 6.07) is 3.21. The Bertz CT molecular complexity index is 291. The van der Waals surface area contributed by atoms with Gasteiger partial charge in [-0.15, -0.1) is 0 Å². The number of carbonyl (C=O) groups is 1. The van der Waals surface area contributed by atoms with Crippen LogP contribution in [0.2, 0.25) is 5.22 Å². The van der Waals surface area contributed by atoms with Crippen molar-refractivity contribution in [2.75, 3.05) is 0 Å². The molecule has 0 aliphatic carbocycles. The van der Waals surface area contributed by atoms with E-state index in [-0.39, 0.29) is 11.0 Å². The van der Waals surface area contributed by atoms with Gasteiger partial charge < -0.3 is 4.42 Å². The summed E-state index contributed by atoms with van der Waals surface area (Å²) in [5.41, 5.74) is 0. The Kier molecular flexibility index (Phi) is 3.55. The molecule has 1 heterocycles. The van der Waals surface area contributed by atoms with Gasteiger partial charge >= 0.3 is 0 Å². The smallest absolute Gasteiger partial charge is 0.198 e. The molecule has 1 aromatic heterocycles. The Balaban J connectivity index is 2.58. The zero-order chi connectivity index (χ0) is 9.84. The summed E-state index contributed by atoms with van der Waals surface area (Å²) in [5, 5.41) is 0.271. The van der Waals surface area contributed by atoms with E-state index in [4.69, 9.17) is 16.0 Å². The number of furan rings is 1. The Hall–Kier alpha value is -0.760. The lowest BCUT2D eigenvalue weighted by molar-refractivity contribution is 0.0936. The third-order valence-electron chi connectivity index (χ3n) is 2.08. The number of halogens is 1. The largest absolute Gasteiger partial charge is 0.442 e. The summed E-state index contributed by atoms with van der Waals surface area (Å²) in [7, 11) is 0. The monoisotopic (exact) mass is 200 g/mol. The standard InChI is InChI=1S/C10H13ClO2/c1-3-7(2)6-8(12)9-4-5-10(11)13-9/h4-5,7H,3,6H2,1-2H3. The van der Waals surface area contributed by atoms with Crippen molar-refractivity contribution in [1.29, 1.82) is 0 Å². The van der Waals surface area contributed by atoms with Crippen molar-refractivity contribution in [3.63, 3.8) is 0 Å². The van der Waals surface area contributed by atoms with Gasteiger partial charge in [-0.25, -0.2) is 0 Å². The summed E-state index contributed by atoms with van der Waals surface area (Å²) in [5.74, 6) is 0.794. The average molecular weight is 201 g/mol. The van der Waals surface area contributed by atoms with Crippen LogP contribution in [0.3, 0.4) is 0 Å². The van der Waals surface area contributed by atoms with Crippen LogP contribution in [0.15, 0.2) is 16.5 Å². The first kappa shape index (κ1) is 10.3. The zero-order valence-corrected chi connectivity index (χ0v) is 8.60. The highest BCUT2D eigenvalue weighted by Gasteiger charge is 2.13. The van der Waals surface area contributed by atoms with E-state index in [1.807, 2.05) is 6.92 Å². The Morgan fingerprint density at radius 1 is 1.62 bits per heavy atom. The van der Waals surface area contributed by atoms with E-state index < -0.39 is 0 Å². The highest BCUT2D eigenvalue weighted by atomic mass is 35.5. The molecule has 0 amide bonds. The molecule has 1 atom stereocenters. The zero-order valence-electron chi connectivity index (χ0n) is 7.84. The van der Waals surface area contributed by atoms with Gasteiger partial charge in [-0.3, -0.25) is 4.79 Å². The van der Waals surface area contributed by atoms with Crippen molar-refractivity contribution in [3.8, 4) is 0 Å². The van der Waals surface area contributed by atoms with Gasteiger partial charge in [0.25, 0.3) is 0 Å². The van der Waals surface area contributed by atoms with Crippen molar-refractivity contribution >= 4 is 17.4 Å². The SMILES string of the molecule is CCC(C)CC(=O)c1ccc(Cl)o1. The fourth-order valence-corrected chi connectivity index (χ4v) is 1.17. The molecule has 0 N–H and O–H groups in total. The summed E-state index contributed by atoms with van der Waals surface area (Å²) >= 11 is 5.56. The van der Waals surface area contributed by atoms with Crippen molar-refractivity contribution < 1.29 is 9.21 Å². The fourth-order valence-electron chi connectivity index (χ4n) is 1.03. The van der Waals surface area contributed by atoms with Gasteiger partial charge in [0.15, 0.2) is 16.8 Å². The Morgan fingerprint density at radius 3 is 2.77 bits per heavy atom. The van der Waals surface area contributed by atoms with E-state index in [0.29, 0.717) is 18.1 Å². The van der Waals surface area contributed by atoms with E-state index in [2.05, 4.69) is 6.92 Å². The molecule has 0 fully saturated rings. The van der Waals surface area contributed by atoms with E-state index in [9.17, 15) is 4.79 Å². The van der Waals surface area contributed by atoms with Gasteiger partial charge in [-0.05, 0) is 29.7 Å². The maximum Gasteiger partial charge on any atom is 0.198 e. The highest BCUT2D eigenvalue weighted by Crippen LogP contribution is 2.17. The average Bonchev–Trinajstić information content (AvgIpc) is 2.51. The minimum atomic E-state index is 0.0289. The molecule has 1 unspecified atom stereocenters. The maximum atomic E-state index is 11.5. The molecular weight excluding hydrogens is 188 g/mol. The summed E-state index contributed by atoms with van der Waals surface area (Å²) in [6.45, 7) is 4.11. The predicted molar refractivity (Wildman–Crippen MR) is 52.1 cm³/mol.